The maximum Gasteiger partial charge on any atom is 0.170 e. The van der Waals surface area contributed by atoms with Crippen molar-refractivity contribution in [2.75, 3.05) is 0 Å². The zero-order chi connectivity index (χ0) is 18.1. The van der Waals surface area contributed by atoms with E-state index < -0.39 is 0 Å². The van der Waals surface area contributed by atoms with Crippen molar-refractivity contribution in [1.29, 1.82) is 0 Å². The number of Topliss-reactive ketones (excluding diaryl/α,β-unsaturated/α-hetero) is 2. The average molecular weight is 336 g/mol. The van der Waals surface area contributed by atoms with E-state index in [1.165, 1.54) is 18.4 Å². The van der Waals surface area contributed by atoms with Crippen LogP contribution in [-0.2, 0) is 11.2 Å². The fourth-order valence-electron chi connectivity index (χ4n) is 2.84. The fourth-order valence-corrected chi connectivity index (χ4v) is 2.84. The van der Waals surface area contributed by atoms with Crippen molar-refractivity contribution in [2.24, 2.45) is 0 Å². The molecule has 2 aromatic carbocycles. The summed E-state index contributed by atoms with van der Waals surface area (Å²) >= 11 is 0. The Morgan fingerprint density at radius 2 is 1.32 bits per heavy atom. The summed E-state index contributed by atoms with van der Waals surface area (Å²) in [5.41, 5.74) is 4.23. The Hall–Kier alpha value is -2.22. The lowest BCUT2D eigenvalue weighted by molar-refractivity contribution is -0.118. The van der Waals surface area contributed by atoms with E-state index in [9.17, 15) is 9.59 Å². The zero-order valence-corrected chi connectivity index (χ0v) is 15.4. The highest BCUT2D eigenvalue weighted by molar-refractivity contribution is 6.08. The van der Waals surface area contributed by atoms with Gasteiger partial charge < -0.3 is 0 Å². The molecule has 0 fully saturated rings. The maximum absolute atomic E-state index is 12.2. The zero-order valence-electron chi connectivity index (χ0n) is 15.4. The first-order chi connectivity index (χ1) is 12.1. The largest absolute Gasteiger partial charge is 0.299 e. The molecular weight excluding hydrogens is 308 g/mol. The third-order valence-electron chi connectivity index (χ3n) is 4.48. The minimum atomic E-state index is -0.0810. The van der Waals surface area contributed by atoms with E-state index in [4.69, 9.17) is 0 Å². The molecule has 2 heteroatoms. The van der Waals surface area contributed by atoms with Crippen molar-refractivity contribution in [3.05, 3.63) is 59.7 Å². The quantitative estimate of drug-likeness (QED) is 0.392. The highest BCUT2D eigenvalue weighted by atomic mass is 16.1. The predicted octanol–water partition coefficient (Wildman–Crippen LogP) is 6.03. The van der Waals surface area contributed by atoms with Crippen molar-refractivity contribution in [1.82, 2.24) is 0 Å². The van der Waals surface area contributed by atoms with Gasteiger partial charge in [0.2, 0.25) is 0 Å². The van der Waals surface area contributed by atoms with Crippen molar-refractivity contribution >= 4 is 11.6 Å². The Balaban J connectivity index is 1.99. The second-order valence-corrected chi connectivity index (χ2v) is 6.62. The van der Waals surface area contributed by atoms with E-state index in [0.717, 1.165) is 30.4 Å². The van der Waals surface area contributed by atoms with Crippen LogP contribution in [0.5, 0.6) is 0 Å². The van der Waals surface area contributed by atoms with Crippen molar-refractivity contribution in [3.63, 3.8) is 0 Å². The van der Waals surface area contributed by atoms with E-state index in [0.29, 0.717) is 12.0 Å². The van der Waals surface area contributed by atoms with Crippen LogP contribution in [0.15, 0.2) is 48.5 Å². The monoisotopic (exact) mass is 336 g/mol. The molecule has 132 valence electrons. The highest BCUT2D eigenvalue weighted by Gasteiger charge is 2.11. The van der Waals surface area contributed by atoms with Crippen LogP contribution in [0.1, 0.15) is 68.3 Å². The molecule has 0 heterocycles. The Morgan fingerprint density at radius 1 is 0.760 bits per heavy atom. The third kappa shape index (κ3) is 5.97. The summed E-state index contributed by atoms with van der Waals surface area (Å²) in [4.78, 5) is 24.0. The number of aryl methyl sites for hydroxylation is 1. The first-order valence-electron chi connectivity index (χ1n) is 9.38. The van der Waals surface area contributed by atoms with Gasteiger partial charge in [0.25, 0.3) is 0 Å². The molecule has 0 aliphatic carbocycles. The standard InChI is InChI=1S/C23H28O2/c1-3-5-7-18-9-11-19(12-10-18)20-13-15-21(16-14-20)23(25)17-22(24)8-6-4-2/h9-16H,3-8,17H2,1-2H3. The Bertz CT molecular complexity index is 681. The molecule has 0 saturated heterocycles. The Labute approximate surface area is 151 Å². The van der Waals surface area contributed by atoms with Crippen LogP contribution >= 0.6 is 0 Å². The number of carbonyl (C=O) groups is 2. The second-order valence-electron chi connectivity index (χ2n) is 6.62. The lowest BCUT2D eigenvalue weighted by Gasteiger charge is -2.06. The fraction of sp³-hybridized carbons (Fsp3) is 0.391. The average Bonchev–Trinajstić information content (AvgIpc) is 2.65. The Morgan fingerprint density at radius 3 is 1.88 bits per heavy atom. The summed E-state index contributed by atoms with van der Waals surface area (Å²) in [6.07, 6.45) is 5.91. The van der Waals surface area contributed by atoms with Crippen LogP contribution in [-0.4, -0.2) is 11.6 Å². The van der Waals surface area contributed by atoms with Gasteiger partial charge in [-0.2, -0.15) is 0 Å². The molecule has 0 saturated carbocycles. The number of benzene rings is 2. The first-order valence-corrected chi connectivity index (χ1v) is 9.38. The molecule has 2 aromatic rings. The molecule has 0 aromatic heterocycles. The van der Waals surface area contributed by atoms with Crippen molar-refractivity contribution < 1.29 is 9.59 Å². The van der Waals surface area contributed by atoms with Gasteiger partial charge in [-0.15, -0.1) is 0 Å². The van der Waals surface area contributed by atoms with Gasteiger partial charge in [-0.25, -0.2) is 0 Å². The van der Waals surface area contributed by atoms with E-state index in [1.807, 2.05) is 31.2 Å². The molecule has 2 rings (SSSR count). The Kier molecular flexibility index (Phi) is 7.59. The summed E-state index contributed by atoms with van der Waals surface area (Å²) in [5.74, 6) is -0.0406. The van der Waals surface area contributed by atoms with Crippen molar-refractivity contribution in [3.8, 4) is 11.1 Å². The number of carbonyl (C=O) groups excluding carboxylic acids is 2. The van der Waals surface area contributed by atoms with E-state index >= 15 is 0 Å². The topological polar surface area (TPSA) is 34.1 Å². The molecule has 0 bridgehead atoms. The SMILES string of the molecule is CCCCC(=O)CC(=O)c1ccc(-c2ccc(CCCC)cc2)cc1. The highest BCUT2D eigenvalue weighted by Crippen LogP contribution is 2.21. The molecule has 0 spiro atoms. The molecule has 0 N–H and O–H groups in total. The molecule has 25 heavy (non-hydrogen) atoms. The van der Waals surface area contributed by atoms with Crippen LogP contribution in [0.2, 0.25) is 0 Å². The van der Waals surface area contributed by atoms with E-state index in [-0.39, 0.29) is 18.0 Å². The van der Waals surface area contributed by atoms with Gasteiger partial charge >= 0.3 is 0 Å². The minimum Gasteiger partial charge on any atom is -0.299 e. The molecule has 2 nitrogen and oxygen atoms in total. The number of rotatable bonds is 10. The molecule has 0 aliphatic heterocycles. The number of unbranched alkanes of at least 4 members (excludes halogenated alkanes) is 2. The molecular formula is C23H28O2. The third-order valence-corrected chi connectivity index (χ3v) is 4.48. The van der Waals surface area contributed by atoms with Gasteiger partial charge in [0, 0.05) is 12.0 Å². The molecule has 0 amide bonds. The molecule has 0 unspecified atom stereocenters. The predicted molar refractivity (Wildman–Crippen MR) is 104 cm³/mol. The molecule has 0 atom stereocenters. The van der Waals surface area contributed by atoms with Gasteiger partial charge in [-0.1, -0.05) is 75.2 Å². The van der Waals surface area contributed by atoms with Crippen LogP contribution in [0.4, 0.5) is 0 Å². The van der Waals surface area contributed by atoms with E-state index in [2.05, 4.69) is 31.2 Å². The summed E-state index contributed by atoms with van der Waals surface area (Å²) < 4.78 is 0. The van der Waals surface area contributed by atoms with Gasteiger partial charge in [0.1, 0.15) is 5.78 Å². The van der Waals surface area contributed by atoms with Gasteiger partial charge in [-0.3, -0.25) is 9.59 Å². The summed E-state index contributed by atoms with van der Waals surface area (Å²) in [6.45, 7) is 4.25. The van der Waals surface area contributed by atoms with Crippen LogP contribution in [0.3, 0.4) is 0 Å². The van der Waals surface area contributed by atoms with Crippen LogP contribution in [0, 0.1) is 0 Å². The minimum absolute atomic E-state index is 0.0193. The summed E-state index contributed by atoms with van der Waals surface area (Å²) in [5, 5.41) is 0. The normalized spacial score (nSPS) is 10.6. The van der Waals surface area contributed by atoms with Gasteiger partial charge in [-0.05, 0) is 36.0 Å². The number of hydrogen-bond donors (Lipinski definition) is 0. The van der Waals surface area contributed by atoms with Gasteiger partial charge in [0.05, 0.1) is 6.42 Å². The molecule has 0 aliphatic rings. The lowest BCUT2D eigenvalue weighted by atomic mass is 9.98. The maximum atomic E-state index is 12.2. The smallest absolute Gasteiger partial charge is 0.170 e. The second kappa shape index (κ2) is 9.93. The number of hydrogen-bond acceptors (Lipinski definition) is 2. The first kappa shape index (κ1) is 19.1. The van der Waals surface area contributed by atoms with E-state index in [1.54, 1.807) is 0 Å². The van der Waals surface area contributed by atoms with Crippen molar-refractivity contribution in [2.45, 2.75) is 58.8 Å². The van der Waals surface area contributed by atoms with Gasteiger partial charge in [0.15, 0.2) is 5.78 Å². The lowest BCUT2D eigenvalue weighted by Crippen LogP contribution is -2.07. The summed E-state index contributed by atoms with van der Waals surface area (Å²) in [7, 11) is 0. The van der Waals surface area contributed by atoms with Crippen LogP contribution < -0.4 is 0 Å². The van der Waals surface area contributed by atoms with Crippen LogP contribution in [0.25, 0.3) is 11.1 Å². The number of ketones is 2. The summed E-state index contributed by atoms with van der Waals surface area (Å²) in [6, 6.07) is 16.2. The molecule has 0 radical (unpaired) electrons.